The molecule has 2 rings (SSSR count). The molecular formula is C13H17BrFNO3S. The van der Waals surface area contributed by atoms with Crippen molar-refractivity contribution in [2.45, 2.75) is 36.6 Å². The Balaban J connectivity index is 2.33. The number of halogens is 2. The van der Waals surface area contributed by atoms with Crippen LogP contribution >= 0.6 is 15.9 Å². The largest absolute Gasteiger partial charge is 0.396 e. The maximum Gasteiger partial charge on any atom is 0.244 e. The van der Waals surface area contributed by atoms with Crippen LogP contribution in [0.5, 0.6) is 0 Å². The van der Waals surface area contributed by atoms with Crippen molar-refractivity contribution >= 4 is 26.0 Å². The summed E-state index contributed by atoms with van der Waals surface area (Å²) in [6.45, 7) is 0.233. The smallest absolute Gasteiger partial charge is 0.244 e. The average molecular weight is 366 g/mol. The minimum Gasteiger partial charge on any atom is -0.396 e. The zero-order chi connectivity index (χ0) is 14.8. The molecule has 1 fully saturated rings. The van der Waals surface area contributed by atoms with Crippen molar-refractivity contribution < 1.29 is 17.9 Å². The van der Waals surface area contributed by atoms with Crippen LogP contribution in [0.15, 0.2) is 27.6 Å². The third kappa shape index (κ3) is 3.21. The summed E-state index contributed by atoms with van der Waals surface area (Å²) in [5, 5.41) is 8.93. The molecule has 0 amide bonds. The van der Waals surface area contributed by atoms with Gasteiger partial charge in [0.25, 0.3) is 0 Å². The van der Waals surface area contributed by atoms with E-state index in [0.29, 0.717) is 6.42 Å². The van der Waals surface area contributed by atoms with Crippen molar-refractivity contribution in [2.75, 3.05) is 13.2 Å². The van der Waals surface area contributed by atoms with E-state index >= 15 is 0 Å². The zero-order valence-electron chi connectivity index (χ0n) is 10.9. The highest BCUT2D eigenvalue weighted by molar-refractivity contribution is 9.10. The Labute approximate surface area is 126 Å². The molecular weight excluding hydrogens is 349 g/mol. The molecule has 4 nitrogen and oxygen atoms in total. The Kier molecular flexibility index (Phi) is 5.17. The van der Waals surface area contributed by atoms with Gasteiger partial charge >= 0.3 is 0 Å². The van der Waals surface area contributed by atoms with Crippen molar-refractivity contribution in [3.63, 3.8) is 0 Å². The fourth-order valence-corrected chi connectivity index (χ4v) is 4.95. The quantitative estimate of drug-likeness (QED) is 0.842. The molecule has 0 spiro atoms. The summed E-state index contributed by atoms with van der Waals surface area (Å²) in [6.07, 6.45) is 3.09. The minimum atomic E-state index is -3.67. The molecule has 0 atom stereocenters. The summed E-state index contributed by atoms with van der Waals surface area (Å²) in [5.74, 6) is -0.485. The lowest BCUT2D eigenvalue weighted by Crippen LogP contribution is -2.44. The second-order valence-corrected chi connectivity index (χ2v) is 7.57. The molecule has 0 saturated heterocycles. The van der Waals surface area contributed by atoms with Gasteiger partial charge in [-0.05, 0) is 53.4 Å². The lowest BCUT2D eigenvalue weighted by molar-refractivity contribution is 0.198. The summed E-state index contributed by atoms with van der Waals surface area (Å²) < 4.78 is 40.2. The van der Waals surface area contributed by atoms with Gasteiger partial charge in [-0.3, -0.25) is 0 Å². The first-order valence-electron chi connectivity index (χ1n) is 6.54. The third-order valence-electron chi connectivity index (χ3n) is 3.50. The Bertz CT molecular complexity index is 575. The Morgan fingerprint density at radius 3 is 2.60 bits per heavy atom. The van der Waals surface area contributed by atoms with Crippen molar-refractivity contribution in [3.05, 3.63) is 28.5 Å². The number of aliphatic hydroxyl groups is 1. The Morgan fingerprint density at radius 2 is 2.10 bits per heavy atom. The van der Waals surface area contributed by atoms with E-state index in [1.807, 2.05) is 0 Å². The monoisotopic (exact) mass is 365 g/mol. The van der Waals surface area contributed by atoms with Gasteiger partial charge in [-0.1, -0.05) is 6.42 Å². The summed E-state index contributed by atoms with van der Waals surface area (Å²) in [6, 6.07) is 3.56. The van der Waals surface area contributed by atoms with Gasteiger partial charge < -0.3 is 5.11 Å². The van der Waals surface area contributed by atoms with E-state index in [9.17, 15) is 12.8 Å². The van der Waals surface area contributed by atoms with E-state index in [-0.39, 0.29) is 28.6 Å². The van der Waals surface area contributed by atoms with E-state index in [4.69, 9.17) is 5.11 Å². The summed E-state index contributed by atoms with van der Waals surface area (Å²) in [5.41, 5.74) is 0. The number of rotatable bonds is 6. The molecule has 0 aromatic heterocycles. The molecule has 0 aliphatic heterocycles. The van der Waals surface area contributed by atoms with E-state index in [1.165, 1.54) is 10.4 Å². The highest BCUT2D eigenvalue weighted by atomic mass is 79.9. The third-order valence-corrected chi connectivity index (χ3v) is 6.43. The maximum absolute atomic E-state index is 13.1. The van der Waals surface area contributed by atoms with Crippen molar-refractivity contribution in [2.24, 2.45) is 0 Å². The van der Waals surface area contributed by atoms with Gasteiger partial charge in [0.1, 0.15) is 5.82 Å². The van der Waals surface area contributed by atoms with E-state index in [1.54, 1.807) is 0 Å². The van der Waals surface area contributed by atoms with E-state index in [2.05, 4.69) is 15.9 Å². The summed E-state index contributed by atoms with van der Waals surface area (Å²) in [7, 11) is -3.67. The number of sulfonamides is 1. The Morgan fingerprint density at radius 1 is 1.40 bits per heavy atom. The average Bonchev–Trinajstić information content (AvgIpc) is 2.31. The van der Waals surface area contributed by atoms with Gasteiger partial charge in [-0.25, -0.2) is 12.8 Å². The predicted octanol–water partition coefficient (Wildman–Crippen LogP) is 2.51. The van der Waals surface area contributed by atoms with Crippen molar-refractivity contribution in [3.8, 4) is 0 Å². The van der Waals surface area contributed by atoms with Crippen molar-refractivity contribution in [1.29, 1.82) is 0 Å². The molecule has 1 saturated carbocycles. The summed E-state index contributed by atoms with van der Waals surface area (Å²) >= 11 is 3.11. The molecule has 1 aliphatic rings. The molecule has 112 valence electrons. The van der Waals surface area contributed by atoms with Crippen LogP contribution in [0.1, 0.15) is 25.7 Å². The van der Waals surface area contributed by atoms with E-state index < -0.39 is 15.8 Å². The van der Waals surface area contributed by atoms with Crippen LogP contribution < -0.4 is 0 Å². The zero-order valence-corrected chi connectivity index (χ0v) is 13.3. The van der Waals surface area contributed by atoms with Gasteiger partial charge in [0, 0.05) is 23.7 Å². The molecule has 1 N–H and O–H groups in total. The van der Waals surface area contributed by atoms with E-state index in [0.717, 1.165) is 31.4 Å². The highest BCUT2D eigenvalue weighted by Gasteiger charge is 2.35. The number of hydrogen-bond acceptors (Lipinski definition) is 3. The second kappa shape index (κ2) is 6.51. The van der Waals surface area contributed by atoms with Crippen LogP contribution in [0.4, 0.5) is 4.39 Å². The normalized spacial score (nSPS) is 16.4. The standard InChI is InChI=1S/C13H17BrFNO3S/c14-12-9-10(15)5-6-13(12)20(18,19)16(7-2-8-17)11-3-1-4-11/h5-6,9,11,17H,1-4,7-8H2. The molecule has 0 unspecified atom stereocenters. The first-order chi connectivity index (χ1) is 9.46. The molecule has 0 radical (unpaired) electrons. The molecule has 7 heteroatoms. The summed E-state index contributed by atoms with van der Waals surface area (Å²) in [4.78, 5) is 0.0729. The topological polar surface area (TPSA) is 57.6 Å². The molecule has 1 aromatic carbocycles. The van der Waals surface area contributed by atoms with Gasteiger partial charge in [-0.2, -0.15) is 4.31 Å². The van der Waals surface area contributed by atoms with Crippen LogP contribution in [-0.2, 0) is 10.0 Å². The molecule has 0 bridgehead atoms. The first-order valence-corrected chi connectivity index (χ1v) is 8.78. The van der Waals surface area contributed by atoms with Crippen LogP contribution in [-0.4, -0.2) is 37.0 Å². The number of aliphatic hydroxyl groups excluding tert-OH is 1. The Hall–Kier alpha value is -0.500. The molecule has 0 heterocycles. The van der Waals surface area contributed by atoms with Crippen LogP contribution in [0.25, 0.3) is 0 Å². The van der Waals surface area contributed by atoms with Gasteiger partial charge in [-0.15, -0.1) is 0 Å². The van der Waals surface area contributed by atoms with Gasteiger partial charge in [0.2, 0.25) is 10.0 Å². The fourth-order valence-electron chi connectivity index (χ4n) is 2.21. The second-order valence-electron chi connectivity index (χ2n) is 4.85. The molecule has 20 heavy (non-hydrogen) atoms. The molecule has 1 aliphatic carbocycles. The van der Waals surface area contributed by atoms with Gasteiger partial charge in [0.05, 0.1) is 4.90 Å². The SMILES string of the molecule is O=S(=O)(c1ccc(F)cc1Br)N(CCCO)C1CCC1. The lowest BCUT2D eigenvalue weighted by Gasteiger charge is -2.36. The first kappa shape index (κ1) is 15.9. The predicted molar refractivity (Wildman–Crippen MR) is 77.3 cm³/mol. The molecule has 1 aromatic rings. The van der Waals surface area contributed by atoms with Crippen LogP contribution in [0, 0.1) is 5.82 Å². The van der Waals surface area contributed by atoms with Crippen LogP contribution in [0.3, 0.4) is 0 Å². The highest BCUT2D eigenvalue weighted by Crippen LogP contribution is 2.33. The number of benzene rings is 1. The number of hydrogen-bond donors (Lipinski definition) is 1. The minimum absolute atomic E-state index is 0.0106. The lowest BCUT2D eigenvalue weighted by atomic mass is 9.93. The fraction of sp³-hybridized carbons (Fsp3) is 0.538. The maximum atomic E-state index is 13.1. The van der Waals surface area contributed by atoms with Gasteiger partial charge in [0.15, 0.2) is 0 Å². The van der Waals surface area contributed by atoms with Crippen LogP contribution in [0.2, 0.25) is 0 Å². The van der Waals surface area contributed by atoms with Crippen molar-refractivity contribution in [1.82, 2.24) is 4.31 Å². The number of nitrogens with zero attached hydrogens (tertiary/aromatic N) is 1.